The van der Waals surface area contributed by atoms with Crippen LogP contribution in [-0.2, 0) is 92.7 Å². The van der Waals surface area contributed by atoms with Crippen LogP contribution in [0.1, 0.15) is 0 Å². The van der Waals surface area contributed by atoms with Gasteiger partial charge in [-0.05, 0) is 11.0 Å². The van der Waals surface area contributed by atoms with Crippen molar-refractivity contribution in [1.29, 1.82) is 0 Å². The number of hydrogen-bond acceptors (Lipinski definition) is 0. The topological polar surface area (TPSA) is 0 Å². The predicted octanol–water partition coefficient (Wildman–Crippen LogP) is -1.46. The van der Waals surface area contributed by atoms with Gasteiger partial charge in [-0.3, -0.25) is 0 Å². The van der Waals surface area contributed by atoms with Crippen molar-refractivity contribution in [3.8, 4) is 0 Å². The second-order valence-corrected chi connectivity index (χ2v) is 0. The first-order valence-corrected chi connectivity index (χ1v) is 0. The molecular weight excluding hydrogens is 441 g/mol. The molecule has 0 atom stereocenters. The van der Waals surface area contributed by atoms with Crippen molar-refractivity contribution in [2.45, 2.75) is 0 Å². The van der Waals surface area contributed by atoms with Crippen molar-refractivity contribution in [3.05, 3.63) is 0 Å². The van der Waals surface area contributed by atoms with Gasteiger partial charge in [0.15, 0.2) is 0 Å². The van der Waals surface area contributed by atoms with Crippen LogP contribution in [0.4, 0.5) is 0 Å². The first kappa shape index (κ1) is 40.7. The van der Waals surface area contributed by atoms with Crippen LogP contribution >= 0.6 is 0 Å². The second-order valence-electron chi connectivity index (χ2n) is 0. The molecule has 5 heteroatoms. The maximum atomic E-state index is 0. The summed E-state index contributed by atoms with van der Waals surface area (Å²) < 4.78 is 0. The van der Waals surface area contributed by atoms with E-state index in [1.807, 2.05) is 0 Å². The maximum Gasteiger partial charge on any atom is 0 e. The molecular formula is H4NbSiTaTiZr. The van der Waals surface area contributed by atoms with Crippen LogP contribution in [0.2, 0.25) is 0 Å². The molecule has 0 amide bonds. The van der Waals surface area contributed by atoms with Gasteiger partial charge >= 0.3 is 0 Å². The summed E-state index contributed by atoms with van der Waals surface area (Å²) in [5.41, 5.74) is 0. The van der Waals surface area contributed by atoms with E-state index in [0.717, 1.165) is 0 Å². The third-order valence-corrected chi connectivity index (χ3v) is 0. The summed E-state index contributed by atoms with van der Waals surface area (Å²) in [4.78, 5) is 0. The van der Waals surface area contributed by atoms with Gasteiger partial charge in [0.1, 0.15) is 0 Å². The molecule has 0 saturated heterocycles. The summed E-state index contributed by atoms with van der Waals surface area (Å²) in [6.45, 7) is 0. The summed E-state index contributed by atoms with van der Waals surface area (Å²) in [6, 6.07) is 0. The monoisotopic (exact) mass is 444 g/mol. The van der Waals surface area contributed by atoms with Gasteiger partial charge in [-0.15, -0.1) is 0 Å². The zero-order valence-electron chi connectivity index (χ0n) is 1.89. The summed E-state index contributed by atoms with van der Waals surface area (Å²) in [7, 11) is 0. The number of rotatable bonds is 0. The SMILES string of the molecule is [Nb].[SiH4].[Ta].[Ti].[Zr]. The largest absolute Gasteiger partial charge is 0.0149 e. The molecule has 26 valence electrons. The summed E-state index contributed by atoms with van der Waals surface area (Å²) in [5.74, 6) is 0. The van der Waals surface area contributed by atoms with Gasteiger partial charge < -0.3 is 0 Å². The molecule has 0 rings (SSSR count). The Balaban J connectivity index is 0. The molecule has 0 heterocycles. The normalized spacial score (nSPS) is 0. The van der Waals surface area contributed by atoms with Gasteiger partial charge in [0.05, 0.1) is 0 Å². The molecule has 0 aliphatic heterocycles. The maximum absolute atomic E-state index is 0. The van der Waals surface area contributed by atoms with Gasteiger partial charge in [0, 0.05) is 92.7 Å². The fraction of sp³-hybridized carbons (Fsp3) is 0. The molecule has 0 aromatic carbocycles. The van der Waals surface area contributed by atoms with Crippen molar-refractivity contribution in [2.24, 2.45) is 0 Å². The first-order valence-electron chi connectivity index (χ1n) is 0. The molecule has 0 aliphatic carbocycles. The van der Waals surface area contributed by atoms with Crippen molar-refractivity contribution < 1.29 is 92.7 Å². The molecule has 0 aromatic heterocycles. The van der Waals surface area contributed by atoms with Crippen LogP contribution in [0.15, 0.2) is 0 Å². The molecule has 0 unspecified atom stereocenters. The van der Waals surface area contributed by atoms with Gasteiger partial charge in [-0.1, -0.05) is 0 Å². The van der Waals surface area contributed by atoms with E-state index in [1.165, 1.54) is 0 Å². The Morgan fingerprint density at radius 2 is 1.00 bits per heavy atom. The molecule has 0 nitrogen and oxygen atoms in total. The van der Waals surface area contributed by atoms with Crippen LogP contribution in [0.5, 0.6) is 0 Å². The average Bonchev–Trinajstić information content (AvgIpc) is 0. The first-order chi connectivity index (χ1) is 0. The predicted molar refractivity (Wildman–Crippen MR) is 11.3 cm³/mol. The Hall–Kier alpha value is 3.29. The number of hydrogen-bond donors (Lipinski definition) is 0. The Bertz CT molecular complexity index is 11.6. The molecule has 0 aliphatic rings. The van der Waals surface area contributed by atoms with E-state index in [4.69, 9.17) is 0 Å². The van der Waals surface area contributed by atoms with Gasteiger partial charge in [-0.25, -0.2) is 0 Å². The zero-order chi connectivity index (χ0) is 0. The summed E-state index contributed by atoms with van der Waals surface area (Å²) in [5, 5.41) is 0. The molecule has 0 bridgehead atoms. The summed E-state index contributed by atoms with van der Waals surface area (Å²) in [6.07, 6.45) is 0. The van der Waals surface area contributed by atoms with Crippen molar-refractivity contribution in [1.82, 2.24) is 0 Å². The van der Waals surface area contributed by atoms with Crippen molar-refractivity contribution in [2.75, 3.05) is 0 Å². The van der Waals surface area contributed by atoms with Crippen LogP contribution < -0.4 is 0 Å². The van der Waals surface area contributed by atoms with Gasteiger partial charge in [0.2, 0.25) is 0 Å². The standard InChI is InChI=1S/Nb.H4Si.Ta.Ti.Zr/h;1H4;;;. The van der Waals surface area contributed by atoms with E-state index in [-0.39, 0.29) is 104 Å². The van der Waals surface area contributed by atoms with Gasteiger partial charge in [-0.2, -0.15) is 0 Å². The smallest absolute Gasteiger partial charge is 0 e. The molecule has 0 N–H and O–H groups in total. The van der Waals surface area contributed by atoms with E-state index in [9.17, 15) is 0 Å². The molecule has 0 fully saturated rings. The fourth-order valence-electron chi connectivity index (χ4n) is 0. The second kappa shape index (κ2) is 26.6. The van der Waals surface area contributed by atoms with Gasteiger partial charge in [0.25, 0.3) is 0 Å². The Morgan fingerprint density at radius 3 is 1.00 bits per heavy atom. The fourth-order valence-corrected chi connectivity index (χ4v) is 0. The van der Waals surface area contributed by atoms with Crippen LogP contribution in [-0.4, -0.2) is 11.0 Å². The van der Waals surface area contributed by atoms with Crippen LogP contribution in [0.25, 0.3) is 0 Å². The van der Waals surface area contributed by atoms with E-state index >= 15 is 0 Å². The minimum atomic E-state index is 0. The minimum Gasteiger partial charge on any atom is -0.0149 e. The third-order valence-electron chi connectivity index (χ3n) is 0. The third kappa shape index (κ3) is 18.8. The van der Waals surface area contributed by atoms with E-state index in [2.05, 4.69) is 0 Å². The van der Waals surface area contributed by atoms with Crippen LogP contribution in [0.3, 0.4) is 0 Å². The molecule has 2 radical (unpaired) electrons. The molecule has 5 heavy (non-hydrogen) atoms. The molecule has 0 aromatic rings. The Labute approximate surface area is 102 Å². The Morgan fingerprint density at radius 1 is 1.00 bits per heavy atom. The molecule has 0 spiro atoms. The summed E-state index contributed by atoms with van der Waals surface area (Å²) >= 11 is 0. The zero-order valence-corrected chi connectivity index (χ0v) is 11.3. The van der Waals surface area contributed by atoms with E-state index < -0.39 is 0 Å². The Kier molecular flexibility index (Phi) is 217. The van der Waals surface area contributed by atoms with Crippen molar-refractivity contribution >= 4 is 11.0 Å². The molecule has 0 saturated carbocycles. The van der Waals surface area contributed by atoms with E-state index in [0.29, 0.717) is 0 Å². The van der Waals surface area contributed by atoms with Crippen molar-refractivity contribution in [3.63, 3.8) is 0 Å². The minimum absolute atomic E-state index is 0. The average molecular weight is 445 g/mol. The van der Waals surface area contributed by atoms with E-state index in [1.54, 1.807) is 0 Å². The van der Waals surface area contributed by atoms with Crippen LogP contribution in [0, 0.1) is 0 Å². The quantitative estimate of drug-likeness (QED) is 0.401.